The van der Waals surface area contributed by atoms with Crippen LogP contribution in [0.5, 0.6) is 0 Å². The second kappa shape index (κ2) is 6.46. The van der Waals surface area contributed by atoms with E-state index in [0.29, 0.717) is 6.04 Å². The third-order valence-corrected chi connectivity index (χ3v) is 5.81. The van der Waals surface area contributed by atoms with Crippen molar-refractivity contribution in [3.63, 3.8) is 0 Å². The molecule has 0 amide bonds. The van der Waals surface area contributed by atoms with Crippen molar-refractivity contribution in [2.24, 2.45) is 0 Å². The Balaban J connectivity index is 1.90. The summed E-state index contributed by atoms with van der Waals surface area (Å²) in [7, 11) is 0. The van der Waals surface area contributed by atoms with Gasteiger partial charge in [0.05, 0.1) is 4.34 Å². The van der Waals surface area contributed by atoms with E-state index in [1.807, 2.05) is 11.8 Å². The fourth-order valence-electron chi connectivity index (χ4n) is 2.31. The average molecular weight is 290 g/mol. The second-order valence-electron chi connectivity index (χ2n) is 4.66. The molecule has 0 fully saturated rings. The monoisotopic (exact) mass is 289 g/mol. The van der Waals surface area contributed by atoms with E-state index in [1.54, 1.807) is 11.3 Å². The summed E-state index contributed by atoms with van der Waals surface area (Å²) in [5.74, 6) is 0. The minimum atomic E-state index is 0.538. The molecule has 0 saturated heterocycles. The highest BCUT2D eigenvalue weighted by Gasteiger charge is 2.22. The van der Waals surface area contributed by atoms with Crippen LogP contribution in [0.25, 0.3) is 0 Å². The van der Waals surface area contributed by atoms with Gasteiger partial charge in [-0.2, -0.15) is 11.8 Å². The van der Waals surface area contributed by atoms with Gasteiger partial charge in [-0.15, -0.1) is 11.3 Å². The Kier molecular flexibility index (Phi) is 5.22. The van der Waals surface area contributed by atoms with E-state index in [1.165, 1.54) is 36.1 Å². The van der Waals surface area contributed by atoms with Gasteiger partial charge >= 0.3 is 0 Å². The van der Waals surface area contributed by atoms with Crippen LogP contribution in [0.4, 0.5) is 0 Å². The standard InChI is InChI=1S/C13H20ClNS2/c1-9(16-2)6-7-15-11-4-3-5-12-10(11)8-13(14)17-12/h8-9,11,15H,3-7H2,1-2H3. The number of fused-ring (bicyclic) bond motifs is 1. The van der Waals surface area contributed by atoms with Gasteiger partial charge in [0.1, 0.15) is 0 Å². The summed E-state index contributed by atoms with van der Waals surface area (Å²) in [6.45, 7) is 3.40. The third-order valence-electron chi connectivity index (χ3n) is 3.43. The molecule has 0 spiro atoms. The average Bonchev–Trinajstić information content (AvgIpc) is 2.70. The third kappa shape index (κ3) is 3.63. The highest BCUT2D eigenvalue weighted by atomic mass is 35.5. The molecule has 1 N–H and O–H groups in total. The molecular weight excluding hydrogens is 270 g/mol. The molecule has 1 nitrogen and oxygen atoms in total. The van der Waals surface area contributed by atoms with Gasteiger partial charge < -0.3 is 5.32 Å². The summed E-state index contributed by atoms with van der Waals surface area (Å²) in [5, 5.41) is 4.44. The number of thioether (sulfide) groups is 1. The minimum absolute atomic E-state index is 0.538. The Morgan fingerprint density at radius 3 is 3.24 bits per heavy atom. The molecular formula is C13H20ClNS2. The maximum atomic E-state index is 6.11. The van der Waals surface area contributed by atoms with Gasteiger partial charge in [-0.25, -0.2) is 0 Å². The van der Waals surface area contributed by atoms with E-state index in [-0.39, 0.29) is 0 Å². The molecule has 96 valence electrons. The van der Waals surface area contributed by atoms with Gasteiger partial charge in [0.25, 0.3) is 0 Å². The molecule has 2 atom stereocenters. The first-order chi connectivity index (χ1) is 8.20. The molecule has 0 saturated carbocycles. The van der Waals surface area contributed by atoms with Crippen LogP contribution < -0.4 is 5.32 Å². The molecule has 0 radical (unpaired) electrons. The summed E-state index contributed by atoms with van der Waals surface area (Å²) < 4.78 is 0.946. The Labute approximate surface area is 117 Å². The second-order valence-corrected chi connectivity index (χ2v) is 7.71. The van der Waals surface area contributed by atoms with Crippen molar-refractivity contribution in [3.05, 3.63) is 20.8 Å². The van der Waals surface area contributed by atoms with E-state index >= 15 is 0 Å². The molecule has 0 aromatic carbocycles. The summed E-state index contributed by atoms with van der Waals surface area (Å²) in [4.78, 5) is 1.50. The zero-order valence-corrected chi connectivity index (χ0v) is 12.9. The van der Waals surface area contributed by atoms with Crippen molar-refractivity contribution in [1.29, 1.82) is 0 Å². The molecule has 2 rings (SSSR count). The minimum Gasteiger partial charge on any atom is -0.310 e. The van der Waals surface area contributed by atoms with Crippen LogP contribution in [0.2, 0.25) is 4.34 Å². The number of aryl methyl sites for hydroxylation is 1. The molecule has 0 bridgehead atoms. The molecule has 1 aromatic heterocycles. The molecule has 0 aliphatic heterocycles. The van der Waals surface area contributed by atoms with Crippen LogP contribution in [-0.4, -0.2) is 18.1 Å². The van der Waals surface area contributed by atoms with Crippen molar-refractivity contribution in [2.75, 3.05) is 12.8 Å². The Hall–Kier alpha value is 0.300. The topological polar surface area (TPSA) is 12.0 Å². The number of thiophene rings is 1. The zero-order chi connectivity index (χ0) is 12.3. The van der Waals surface area contributed by atoms with E-state index in [4.69, 9.17) is 11.6 Å². The van der Waals surface area contributed by atoms with E-state index in [0.717, 1.165) is 16.1 Å². The quantitative estimate of drug-likeness (QED) is 0.856. The van der Waals surface area contributed by atoms with Crippen molar-refractivity contribution < 1.29 is 0 Å². The normalized spacial score (nSPS) is 21.2. The number of nitrogens with one attached hydrogen (secondary N) is 1. The molecule has 1 aliphatic carbocycles. The first-order valence-electron chi connectivity index (χ1n) is 6.25. The molecule has 1 aliphatic rings. The van der Waals surface area contributed by atoms with E-state index < -0.39 is 0 Å². The Morgan fingerprint density at radius 2 is 2.47 bits per heavy atom. The highest BCUT2D eigenvalue weighted by molar-refractivity contribution is 7.99. The van der Waals surface area contributed by atoms with Gasteiger partial charge in [-0.05, 0) is 50.1 Å². The van der Waals surface area contributed by atoms with Crippen molar-refractivity contribution >= 4 is 34.7 Å². The number of halogens is 1. The predicted octanol–water partition coefficient (Wildman–Crippen LogP) is 4.51. The summed E-state index contributed by atoms with van der Waals surface area (Å²) >= 11 is 9.81. The first kappa shape index (κ1) is 13.7. The maximum absolute atomic E-state index is 6.11. The molecule has 1 heterocycles. The SMILES string of the molecule is CSC(C)CCNC1CCCc2sc(Cl)cc21. The van der Waals surface area contributed by atoms with Crippen molar-refractivity contribution in [1.82, 2.24) is 5.32 Å². The first-order valence-corrected chi connectivity index (χ1v) is 8.73. The maximum Gasteiger partial charge on any atom is 0.0934 e. The van der Waals surface area contributed by atoms with Gasteiger partial charge in [0, 0.05) is 16.2 Å². The van der Waals surface area contributed by atoms with Gasteiger partial charge in [-0.3, -0.25) is 0 Å². The fraction of sp³-hybridized carbons (Fsp3) is 0.692. The molecule has 17 heavy (non-hydrogen) atoms. The van der Waals surface area contributed by atoms with Gasteiger partial charge in [0.2, 0.25) is 0 Å². The summed E-state index contributed by atoms with van der Waals surface area (Å²) in [5.41, 5.74) is 1.46. The van der Waals surface area contributed by atoms with Crippen LogP contribution in [0, 0.1) is 0 Å². The fourth-order valence-corrected chi connectivity index (χ4v) is 4.05. The summed E-state index contributed by atoms with van der Waals surface area (Å²) in [6, 6.07) is 2.70. The smallest absolute Gasteiger partial charge is 0.0934 e. The highest BCUT2D eigenvalue weighted by Crippen LogP contribution is 2.37. The van der Waals surface area contributed by atoms with E-state index in [2.05, 4.69) is 24.6 Å². The Bertz CT molecular complexity index is 364. The summed E-state index contributed by atoms with van der Waals surface area (Å²) in [6.07, 6.45) is 7.19. The number of rotatable bonds is 5. The van der Waals surface area contributed by atoms with Gasteiger partial charge in [-0.1, -0.05) is 18.5 Å². The molecule has 2 unspecified atom stereocenters. The van der Waals surface area contributed by atoms with Crippen LogP contribution in [0.1, 0.15) is 42.7 Å². The number of hydrogen-bond donors (Lipinski definition) is 1. The lowest BCUT2D eigenvalue weighted by atomic mass is 9.94. The van der Waals surface area contributed by atoms with Crippen molar-refractivity contribution in [2.45, 2.75) is 43.9 Å². The van der Waals surface area contributed by atoms with E-state index in [9.17, 15) is 0 Å². The van der Waals surface area contributed by atoms with Gasteiger partial charge in [0.15, 0.2) is 0 Å². The van der Waals surface area contributed by atoms with Crippen LogP contribution in [-0.2, 0) is 6.42 Å². The molecule has 4 heteroatoms. The lowest BCUT2D eigenvalue weighted by Crippen LogP contribution is -2.26. The van der Waals surface area contributed by atoms with Crippen molar-refractivity contribution in [3.8, 4) is 0 Å². The number of hydrogen-bond acceptors (Lipinski definition) is 3. The molecule has 1 aromatic rings. The lowest BCUT2D eigenvalue weighted by molar-refractivity contribution is 0.459. The Morgan fingerprint density at radius 1 is 1.65 bits per heavy atom. The lowest BCUT2D eigenvalue weighted by Gasteiger charge is -2.24. The largest absolute Gasteiger partial charge is 0.310 e. The van der Waals surface area contributed by atoms with Crippen LogP contribution in [0.3, 0.4) is 0 Å². The predicted molar refractivity (Wildman–Crippen MR) is 80.6 cm³/mol. The van der Waals surface area contributed by atoms with Crippen LogP contribution in [0.15, 0.2) is 6.07 Å². The zero-order valence-electron chi connectivity index (χ0n) is 10.5. The van der Waals surface area contributed by atoms with Crippen LogP contribution >= 0.6 is 34.7 Å².